The summed E-state index contributed by atoms with van der Waals surface area (Å²) in [5, 5.41) is 13.4. The van der Waals surface area contributed by atoms with Crippen molar-refractivity contribution in [3.05, 3.63) is 53.6 Å². The molecular weight excluding hydrogens is 262 g/mol. The third-order valence-corrected chi connectivity index (χ3v) is 3.26. The second-order valence-electron chi connectivity index (χ2n) is 5.62. The molecule has 0 aliphatic rings. The van der Waals surface area contributed by atoms with Crippen molar-refractivity contribution >= 4 is 5.69 Å². The maximum Gasteiger partial charge on any atom is 0.120 e. The Morgan fingerprint density at radius 2 is 1.67 bits per heavy atom. The smallest absolute Gasteiger partial charge is 0.120 e. The van der Waals surface area contributed by atoms with E-state index in [1.165, 1.54) is 0 Å². The molecule has 0 aliphatic carbocycles. The zero-order valence-corrected chi connectivity index (χ0v) is 13.1. The molecule has 0 saturated heterocycles. The second kappa shape index (κ2) is 6.53. The van der Waals surface area contributed by atoms with E-state index in [2.05, 4.69) is 5.32 Å². The summed E-state index contributed by atoms with van der Waals surface area (Å²) in [6.07, 6.45) is 0.173. The molecule has 0 heterocycles. The van der Waals surface area contributed by atoms with Gasteiger partial charge in [0.2, 0.25) is 0 Å². The number of nitrogens with one attached hydrogen (secondary N) is 1. The number of hydrogen-bond acceptors (Lipinski definition) is 3. The monoisotopic (exact) mass is 285 g/mol. The van der Waals surface area contributed by atoms with Crippen LogP contribution in [0.3, 0.4) is 0 Å². The molecule has 3 heteroatoms. The first-order valence-corrected chi connectivity index (χ1v) is 7.28. The van der Waals surface area contributed by atoms with Crippen molar-refractivity contribution < 1.29 is 9.84 Å². The highest BCUT2D eigenvalue weighted by atomic mass is 16.5. The van der Waals surface area contributed by atoms with Crippen LogP contribution >= 0.6 is 0 Å². The Kier molecular flexibility index (Phi) is 4.73. The summed E-state index contributed by atoms with van der Waals surface area (Å²) >= 11 is 0. The molecule has 0 spiro atoms. The zero-order chi connectivity index (χ0) is 15.4. The van der Waals surface area contributed by atoms with Crippen molar-refractivity contribution in [2.24, 2.45) is 0 Å². The predicted molar refractivity (Wildman–Crippen MR) is 87.1 cm³/mol. The van der Waals surface area contributed by atoms with Gasteiger partial charge in [-0.2, -0.15) is 0 Å². The van der Waals surface area contributed by atoms with Crippen LogP contribution in [0.2, 0.25) is 0 Å². The van der Waals surface area contributed by atoms with Crippen molar-refractivity contribution in [3.63, 3.8) is 0 Å². The van der Waals surface area contributed by atoms with Crippen LogP contribution in [0.4, 0.5) is 5.69 Å². The Bertz CT molecular complexity index is 591. The van der Waals surface area contributed by atoms with E-state index in [1.54, 1.807) is 6.07 Å². The first-order valence-electron chi connectivity index (χ1n) is 7.28. The van der Waals surface area contributed by atoms with Gasteiger partial charge in [0.05, 0.1) is 12.1 Å². The van der Waals surface area contributed by atoms with Gasteiger partial charge < -0.3 is 15.2 Å². The number of aromatic hydroxyl groups is 1. The molecule has 2 N–H and O–H groups in total. The molecule has 0 aromatic heterocycles. The standard InChI is InChI=1S/C18H23NO2/c1-12(2)21-16-8-6-15(7-9-16)19-14(4)17-11-13(3)5-10-18(17)20/h5-12,14,19-20H,1-4H3. The van der Waals surface area contributed by atoms with Gasteiger partial charge in [-0.15, -0.1) is 0 Å². The first kappa shape index (κ1) is 15.2. The fourth-order valence-corrected chi connectivity index (χ4v) is 2.25. The van der Waals surface area contributed by atoms with Gasteiger partial charge in [-0.3, -0.25) is 0 Å². The summed E-state index contributed by atoms with van der Waals surface area (Å²) in [7, 11) is 0. The lowest BCUT2D eigenvalue weighted by Crippen LogP contribution is -2.08. The Balaban J connectivity index is 2.08. The van der Waals surface area contributed by atoms with Crippen LogP contribution in [-0.2, 0) is 0 Å². The van der Waals surface area contributed by atoms with Gasteiger partial charge in [-0.1, -0.05) is 17.7 Å². The summed E-state index contributed by atoms with van der Waals surface area (Å²) in [6, 6.07) is 13.6. The minimum Gasteiger partial charge on any atom is -0.508 e. The van der Waals surface area contributed by atoms with Gasteiger partial charge in [0, 0.05) is 11.3 Å². The number of benzene rings is 2. The molecule has 2 aromatic rings. The third-order valence-electron chi connectivity index (χ3n) is 3.26. The summed E-state index contributed by atoms with van der Waals surface area (Å²) in [5.74, 6) is 1.18. The van der Waals surface area contributed by atoms with Crippen LogP contribution in [0, 0.1) is 6.92 Å². The van der Waals surface area contributed by atoms with E-state index >= 15 is 0 Å². The van der Waals surface area contributed by atoms with E-state index in [0.29, 0.717) is 5.75 Å². The molecule has 2 rings (SSSR count). The molecule has 1 unspecified atom stereocenters. The van der Waals surface area contributed by atoms with E-state index in [4.69, 9.17) is 4.74 Å². The summed E-state index contributed by atoms with van der Waals surface area (Å²) in [4.78, 5) is 0. The molecule has 3 nitrogen and oxygen atoms in total. The number of phenols is 1. The largest absolute Gasteiger partial charge is 0.508 e. The number of phenolic OH excluding ortho intramolecular Hbond substituents is 1. The highest BCUT2D eigenvalue weighted by molar-refractivity contribution is 5.50. The Morgan fingerprint density at radius 1 is 1.00 bits per heavy atom. The van der Waals surface area contributed by atoms with E-state index in [0.717, 1.165) is 22.6 Å². The van der Waals surface area contributed by atoms with Gasteiger partial charge in [-0.25, -0.2) is 0 Å². The van der Waals surface area contributed by atoms with E-state index in [9.17, 15) is 5.11 Å². The number of hydrogen-bond donors (Lipinski definition) is 2. The van der Waals surface area contributed by atoms with Crippen molar-refractivity contribution in [2.75, 3.05) is 5.32 Å². The van der Waals surface area contributed by atoms with E-state index in [-0.39, 0.29) is 12.1 Å². The molecule has 1 atom stereocenters. The van der Waals surface area contributed by atoms with Gasteiger partial charge >= 0.3 is 0 Å². The van der Waals surface area contributed by atoms with Gasteiger partial charge in [0.1, 0.15) is 11.5 Å². The van der Waals surface area contributed by atoms with Crippen molar-refractivity contribution in [1.82, 2.24) is 0 Å². The predicted octanol–water partition coefficient (Wildman–Crippen LogP) is 4.66. The topological polar surface area (TPSA) is 41.5 Å². The van der Waals surface area contributed by atoms with Crippen molar-refractivity contribution in [1.29, 1.82) is 0 Å². The quantitative estimate of drug-likeness (QED) is 0.839. The molecule has 0 bridgehead atoms. The van der Waals surface area contributed by atoms with E-state index in [1.807, 2.05) is 64.1 Å². The molecule has 0 fully saturated rings. The first-order chi connectivity index (χ1) is 9.95. The minimum atomic E-state index is 0.0294. The Labute approximate surface area is 126 Å². The normalized spacial score (nSPS) is 12.2. The SMILES string of the molecule is Cc1ccc(O)c(C(C)Nc2ccc(OC(C)C)cc2)c1. The fourth-order valence-electron chi connectivity index (χ4n) is 2.25. The molecular formula is C18H23NO2. The highest BCUT2D eigenvalue weighted by Crippen LogP contribution is 2.28. The van der Waals surface area contributed by atoms with Crippen LogP contribution in [0.1, 0.15) is 37.9 Å². The molecule has 0 aliphatic heterocycles. The van der Waals surface area contributed by atoms with Crippen LogP contribution in [0.15, 0.2) is 42.5 Å². The van der Waals surface area contributed by atoms with Crippen LogP contribution < -0.4 is 10.1 Å². The minimum absolute atomic E-state index is 0.0294. The maximum absolute atomic E-state index is 9.97. The molecule has 0 radical (unpaired) electrons. The lowest BCUT2D eigenvalue weighted by molar-refractivity contribution is 0.242. The lowest BCUT2D eigenvalue weighted by Gasteiger charge is -2.18. The number of aryl methyl sites for hydroxylation is 1. The van der Waals surface area contributed by atoms with Crippen LogP contribution in [0.25, 0.3) is 0 Å². The van der Waals surface area contributed by atoms with Crippen molar-refractivity contribution in [3.8, 4) is 11.5 Å². The van der Waals surface area contributed by atoms with E-state index < -0.39 is 0 Å². The van der Waals surface area contributed by atoms with Gasteiger partial charge in [0.25, 0.3) is 0 Å². The van der Waals surface area contributed by atoms with Crippen LogP contribution in [0.5, 0.6) is 11.5 Å². The van der Waals surface area contributed by atoms with Gasteiger partial charge in [0.15, 0.2) is 0 Å². The Hall–Kier alpha value is -2.16. The Morgan fingerprint density at radius 3 is 2.29 bits per heavy atom. The summed E-state index contributed by atoms with van der Waals surface area (Å²) in [6.45, 7) is 8.07. The molecule has 21 heavy (non-hydrogen) atoms. The lowest BCUT2D eigenvalue weighted by atomic mass is 10.0. The third kappa shape index (κ3) is 4.15. The number of anilines is 1. The zero-order valence-electron chi connectivity index (χ0n) is 13.1. The molecule has 0 saturated carbocycles. The summed E-state index contributed by atoms with van der Waals surface area (Å²) < 4.78 is 5.63. The fraction of sp³-hybridized carbons (Fsp3) is 0.333. The molecule has 112 valence electrons. The summed E-state index contributed by atoms with van der Waals surface area (Å²) in [5.41, 5.74) is 3.04. The maximum atomic E-state index is 9.97. The van der Waals surface area contributed by atoms with Crippen molar-refractivity contribution in [2.45, 2.75) is 39.8 Å². The average Bonchev–Trinajstić information content (AvgIpc) is 2.43. The average molecular weight is 285 g/mol. The highest BCUT2D eigenvalue weighted by Gasteiger charge is 2.10. The van der Waals surface area contributed by atoms with Gasteiger partial charge in [-0.05, 0) is 58.0 Å². The van der Waals surface area contributed by atoms with Crippen LogP contribution in [-0.4, -0.2) is 11.2 Å². The molecule has 0 amide bonds. The second-order valence-corrected chi connectivity index (χ2v) is 5.62. The number of rotatable bonds is 5. The number of ether oxygens (including phenoxy) is 1. The molecule has 2 aromatic carbocycles.